The Balaban J connectivity index is 2.17. The molecule has 20 heavy (non-hydrogen) atoms. The smallest absolute Gasteiger partial charge is 0.253 e. The summed E-state index contributed by atoms with van der Waals surface area (Å²) in [6.45, 7) is 1.87. The number of halogens is 2. The first kappa shape index (κ1) is 14.7. The van der Waals surface area contributed by atoms with Crippen LogP contribution in [0.15, 0.2) is 42.5 Å². The van der Waals surface area contributed by atoms with Crippen LogP contribution in [0.25, 0.3) is 0 Å². The molecule has 2 aromatic carbocycles. The second-order valence-electron chi connectivity index (χ2n) is 4.45. The fourth-order valence-electron chi connectivity index (χ4n) is 1.92. The van der Waals surface area contributed by atoms with E-state index in [1.165, 1.54) is 0 Å². The number of nitrogen functional groups attached to an aromatic ring is 1. The molecule has 0 aromatic heterocycles. The lowest BCUT2D eigenvalue weighted by molar-refractivity contribution is 0.0941. The normalized spacial score (nSPS) is 11.9. The van der Waals surface area contributed by atoms with Crippen LogP contribution >= 0.6 is 23.2 Å². The van der Waals surface area contributed by atoms with Crippen molar-refractivity contribution in [3.63, 3.8) is 0 Å². The van der Waals surface area contributed by atoms with Gasteiger partial charge in [0.1, 0.15) is 0 Å². The molecule has 0 heterocycles. The van der Waals surface area contributed by atoms with Gasteiger partial charge >= 0.3 is 0 Å². The van der Waals surface area contributed by atoms with Crippen molar-refractivity contribution in [3.05, 3.63) is 63.6 Å². The summed E-state index contributed by atoms with van der Waals surface area (Å²) in [4.78, 5) is 12.2. The van der Waals surface area contributed by atoms with Gasteiger partial charge < -0.3 is 11.1 Å². The van der Waals surface area contributed by atoms with Crippen molar-refractivity contribution in [2.75, 3.05) is 5.73 Å². The van der Waals surface area contributed by atoms with Gasteiger partial charge in [-0.1, -0.05) is 41.4 Å². The van der Waals surface area contributed by atoms with Gasteiger partial charge in [-0.2, -0.15) is 0 Å². The summed E-state index contributed by atoms with van der Waals surface area (Å²) < 4.78 is 0. The van der Waals surface area contributed by atoms with Crippen molar-refractivity contribution < 1.29 is 4.79 Å². The zero-order valence-electron chi connectivity index (χ0n) is 10.9. The number of hydrogen-bond donors (Lipinski definition) is 2. The van der Waals surface area contributed by atoms with Gasteiger partial charge in [-0.25, -0.2) is 0 Å². The molecule has 1 atom stereocenters. The Bertz CT molecular complexity index is 644. The third-order valence-corrected chi connectivity index (χ3v) is 3.56. The standard InChI is InChI=1S/C15H14Cl2N2O/c1-9(11-4-2-3-5-13(11)17)19-15(20)12-7-6-10(16)8-14(12)18/h2-9H,18H2,1H3,(H,19,20)/t9-/m1/s1. The number of hydrogen-bond acceptors (Lipinski definition) is 2. The summed E-state index contributed by atoms with van der Waals surface area (Å²) in [5.74, 6) is -0.258. The third kappa shape index (κ3) is 3.24. The number of anilines is 1. The van der Waals surface area contributed by atoms with E-state index in [1.807, 2.05) is 25.1 Å². The third-order valence-electron chi connectivity index (χ3n) is 2.98. The van der Waals surface area contributed by atoms with Crippen LogP contribution in [0.3, 0.4) is 0 Å². The van der Waals surface area contributed by atoms with E-state index in [9.17, 15) is 4.79 Å². The Morgan fingerprint density at radius 1 is 1.20 bits per heavy atom. The zero-order valence-corrected chi connectivity index (χ0v) is 12.4. The molecule has 0 saturated carbocycles. The predicted octanol–water partition coefficient (Wildman–Crippen LogP) is 4.07. The number of nitrogens with one attached hydrogen (secondary N) is 1. The highest BCUT2D eigenvalue weighted by Crippen LogP contribution is 2.23. The molecule has 0 bridgehead atoms. The van der Waals surface area contributed by atoms with E-state index in [-0.39, 0.29) is 11.9 Å². The van der Waals surface area contributed by atoms with Crippen molar-refractivity contribution in [3.8, 4) is 0 Å². The zero-order chi connectivity index (χ0) is 14.7. The summed E-state index contributed by atoms with van der Waals surface area (Å²) >= 11 is 11.9. The van der Waals surface area contributed by atoms with E-state index in [0.717, 1.165) is 5.56 Å². The Kier molecular flexibility index (Phi) is 4.53. The molecule has 0 unspecified atom stereocenters. The van der Waals surface area contributed by atoms with Crippen LogP contribution in [0.5, 0.6) is 0 Å². The molecule has 3 N–H and O–H groups in total. The largest absolute Gasteiger partial charge is 0.398 e. The lowest BCUT2D eigenvalue weighted by Crippen LogP contribution is -2.27. The van der Waals surface area contributed by atoms with Gasteiger partial charge in [0.2, 0.25) is 0 Å². The minimum Gasteiger partial charge on any atom is -0.398 e. The van der Waals surface area contributed by atoms with Crippen LogP contribution in [0, 0.1) is 0 Å². The van der Waals surface area contributed by atoms with Gasteiger partial charge in [-0.3, -0.25) is 4.79 Å². The van der Waals surface area contributed by atoms with Gasteiger partial charge in [0.25, 0.3) is 5.91 Å². The lowest BCUT2D eigenvalue weighted by atomic mass is 10.1. The molecular weight excluding hydrogens is 295 g/mol. The van der Waals surface area contributed by atoms with Crippen molar-refractivity contribution in [2.45, 2.75) is 13.0 Å². The van der Waals surface area contributed by atoms with Crippen LogP contribution in [0.2, 0.25) is 10.0 Å². The minimum atomic E-state index is -0.258. The molecule has 5 heteroatoms. The predicted molar refractivity (Wildman–Crippen MR) is 83.2 cm³/mol. The van der Waals surface area contributed by atoms with Crippen molar-refractivity contribution in [1.82, 2.24) is 5.32 Å². The molecule has 0 aliphatic heterocycles. The second kappa shape index (κ2) is 6.16. The number of amides is 1. The quantitative estimate of drug-likeness (QED) is 0.840. The van der Waals surface area contributed by atoms with Crippen LogP contribution < -0.4 is 11.1 Å². The van der Waals surface area contributed by atoms with Gasteiger partial charge in [0, 0.05) is 15.7 Å². The summed E-state index contributed by atoms with van der Waals surface area (Å²) in [5.41, 5.74) is 7.40. The first-order valence-corrected chi connectivity index (χ1v) is 6.85. The van der Waals surface area contributed by atoms with Crippen molar-refractivity contribution in [1.29, 1.82) is 0 Å². The monoisotopic (exact) mass is 308 g/mol. The first-order valence-electron chi connectivity index (χ1n) is 6.09. The summed E-state index contributed by atoms with van der Waals surface area (Å²) in [6, 6.07) is 12.0. The maximum Gasteiger partial charge on any atom is 0.253 e. The topological polar surface area (TPSA) is 55.1 Å². The Hall–Kier alpha value is -1.71. The average molecular weight is 309 g/mol. The molecule has 1 amide bonds. The molecule has 2 aromatic rings. The van der Waals surface area contributed by atoms with E-state index in [2.05, 4.69) is 5.32 Å². The van der Waals surface area contributed by atoms with E-state index in [1.54, 1.807) is 24.3 Å². The highest BCUT2D eigenvalue weighted by Gasteiger charge is 2.15. The average Bonchev–Trinajstić information content (AvgIpc) is 2.38. The van der Waals surface area contributed by atoms with Crippen LogP contribution in [-0.4, -0.2) is 5.91 Å². The van der Waals surface area contributed by atoms with Crippen LogP contribution in [0.4, 0.5) is 5.69 Å². The van der Waals surface area contributed by atoms with E-state index < -0.39 is 0 Å². The number of benzene rings is 2. The summed E-state index contributed by atoms with van der Waals surface area (Å²) in [6.07, 6.45) is 0. The maximum absolute atomic E-state index is 12.2. The summed E-state index contributed by atoms with van der Waals surface area (Å²) in [7, 11) is 0. The number of nitrogens with two attached hydrogens (primary N) is 1. The van der Waals surface area contributed by atoms with Crippen molar-refractivity contribution >= 4 is 34.8 Å². The fraction of sp³-hybridized carbons (Fsp3) is 0.133. The van der Waals surface area contributed by atoms with Crippen molar-refractivity contribution in [2.24, 2.45) is 0 Å². The summed E-state index contributed by atoms with van der Waals surface area (Å²) in [5, 5.41) is 3.98. The molecule has 104 valence electrons. The number of rotatable bonds is 3. The molecule has 0 aliphatic carbocycles. The lowest BCUT2D eigenvalue weighted by Gasteiger charge is -2.16. The highest BCUT2D eigenvalue weighted by atomic mass is 35.5. The fourth-order valence-corrected chi connectivity index (χ4v) is 2.40. The number of carbonyl (C=O) groups is 1. The highest BCUT2D eigenvalue weighted by molar-refractivity contribution is 6.31. The van der Waals surface area contributed by atoms with E-state index in [4.69, 9.17) is 28.9 Å². The molecule has 0 saturated heterocycles. The second-order valence-corrected chi connectivity index (χ2v) is 5.29. The Morgan fingerprint density at radius 2 is 1.90 bits per heavy atom. The molecule has 0 aliphatic rings. The molecular formula is C15H14Cl2N2O. The van der Waals surface area contributed by atoms with Gasteiger partial charge in [0.05, 0.1) is 11.6 Å². The first-order chi connectivity index (χ1) is 9.49. The Labute approximate surface area is 127 Å². The van der Waals surface area contributed by atoms with E-state index in [0.29, 0.717) is 21.3 Å². The SMILES string of the molecule is C[C@@H](NC(=O)c1ccc(Cl)cc1N)c1ccccc1Cl. The molecule has 0 fully saturated rings. The molecule has 2 rings (SSSR count). The van der Waals surface area contributed by atoms with Gasteiger partial charge in [0.15, 0.2) is 0 Å². The molecule has 0 radical (unpaired) electrons. The maximum atomic E-state index is 12.2. The Morgan fingerprint density at radius 3 is 2.55 bits per heavy atom. The minimum absolute atomic E-state index is 0.216. The van der Waals surface area contributed by atoms with E-state index >= 15 is 0 Å². The number of carbonyl (C=O) groups excluding carboxylic acids is 1. The van der Waals surface area contributed by atoms with Gasteiger partial charge in [-0.15, -0.1) is 0 Å². The van der Waals surface area contributed by atoms with Crippen LogP contribution in [0.1, 0.15) is 28.9 Å². The van der Waals surface area contributed by atoms with Gasteiger partial charge in [-0.05, 0) is 36.8 Å². The molecule has 0 spiro atoms. The molecule has 3 nitrogen and oxygen atoms in total. The van der Waals surface area contributed by atoms with Crippen LogP contribution in [-0.2, 0) is 0 Å².